The van der Waals surface area contributed by atoms with Gasteiger partial charge < -0.3 is 4.74 Å². The van der Waals surface area contributed by atoms with Crippen LogP contribution >= 0.6 is 11.8 Å². The van der Waals surface area contributed by atoms with Gasteiger partial charge in [0.25, 0.3) is 11.8 Å². The van der Waals surface area contributed by atoms with Crippen LogP contribution in [0.15, 0.2) is 65.6 Å². The van der Waals surface area contributed by atoms with E-state index in [1.807, 2.05) is 30.3 Å². The molecule has 0 spiro atoms. The second-order valence-electron chi connectivity index (χ2n) is 4.63. The molecule has 2 N–H and O–H groups in total. The second-order valence-corrected chi connectivity index (χ2v) is 5.68. The predicted molar refractivity (Wildman–Crippen MR) is 90.2 cm³/mol. The first-order valence-electron chi connectivity index (χ1n) is 7.13. The smallest absolute Gasteiger partial charge is 0.316 e. The van der Waals surface area contributed by atoms with Crippen molar-refractivity contribution in [3.8, 4) is 0 Å². The van der Waals surface area contributed by atoms with Crippen molar-refractivity contribution >= 4 is 29.5 Å². The van der Waals surface area contributed by atoms with Gasteiger partial charge in [0.1, 0.15) is 0 Å². The van der Waals surface area contributed by atoms with Gasteiger partial charge in [0.2, 0.25) is 0 Å². The summed E-state index contributed by atoms with van der Waals surface area (Å²) in [4.78, 5) is 35.8. The maximum absolute atomic E-state index is 11.7. The van der Waals surface area contributed by atoms with E-state index < -0.39 is 24.4 Å². The molecular formula is C17H16N2O4S. The fraction of sp³-hybridized carbons (Fsp3) is 0.118. The highest BCUT2D eigenvalue weighted by Gasteiger charge is 2.10. The molecule has 0 aliphatic rings. The molecule has 0 atom stereocenters. The van der Waals surface area contributed by atoms with Gasteiger partial charge >= 0.3 is 5.97 Å². The zero-order chi connectivity index (χ0) is 17.2. The molecule has 0 aliphatic heterocycles. The Morgan fingerprint density at radius 3 is 2.17 bits per heavy atom. The van der Waals surface area contributed by atoms with Crippen molar-refractivity contribution in [1.29, 1.82) is 0 Å². The van der Waals surface area contributed by atoms with Gasteiger partial charge in [-0.15, -0.1) is 11.8 Å². The Kier molecular flexibility index (Phi) is 6.85. The molecule has 0 unspecified atom stereocenters. The van der Waals surface area contributed by atoms with Crippen LogP contribution in [0.2, 0.25) is 0 Å². The third-order valence-corrected chi connectivity index (χ3v) is 3.80. The van der Waals surface area contributed by atoms with Gasteiger partial charge in [-0.05, 0) is 24.3 Å². The van der Waals surface area contributed by atoms with E-state index in [0.717, 1.165) is 4.90 Å². The highest BCUT2D eigenvalue weighted by atomic mass is 32.2. The molecule has 0 aliphatic carbocycles. The number of carbonyl (C=O) groups excluding carboxylic acids is 3. The van der Waals surface area contributed by atoms with Crippen LogP contribution in [-0.2, 0) is 14.3 Å². The number of amides is 2. The molecule has 124 valence electrons. The lowest BCUT2D eigenvalue weighted by Gasteiger charge is -2.08. The first kappa shape index (κ1) is 17.6. The average Bonchev–Trinajstić information content (AvgIpc) is 2.64. The lowest BCUT2D eigenvalue weighted by Crippen LogP contribution is -2.43. The van der Waals surface area contributed by atoms with Crippen molar-refractivity contribution in [3.05, 3.63) is 66.2 Å². The van der Waals surface area contributed by atoms with Crippen molar-refractivity contribution in [1.82, 2.24) is 10.9 Å². The number of rotatable bonds is 6. The Morgan fingerprint density at radius 1 is 0.875 bits per heavy atom. The number of hydrazine groups is 1. The maximum Gasteiger partial charge on any atom is 0.316 e. The normalized spacial score (nSPS) is 9.83. The fourth-order valence-electron chi connectivity index (χ4n) is 1.67. The van der Waals surface area contributed by atoms with Crippen molar-refractivity contribution in [3.63, 3.8) is 0 Å². The summed E-state index contributed by atoms with van der Waals surface area (Å²) in [6, 6.07) is 17.8. The fourth-order valence-corrected chi connectivity index (χ4v) is 2.39. The number of thioether (sulfide) groups is 1. The molecule has 0 heterocycles. The molecule has 2 rings (SSSR count). The summed E-state index contributed by atoms with van der Waals surface area (Å²) in [5, 5.41) is 0. The van der Waals surface area contributed by atoms with E-state index >= 15 is 0 Å². The van der Waals surface area contributed by atoms with Gasteiger partial charge in [-0.25, -0.2) is 0 Å². The van der Waals surface area contributed by atoms with E-state index in [2.05, 4.69) is 10.9 Å². The Labute approximate surface area is 143 Å². The Bertz CT molecular complexity index is 692. The Hall–Kier alpha value is -2.80. The predicted octanol–water partition coefficient (Wildman–Crippen LogP) is 1.78. The first-order chi connectivity index (χ1) is 11.6. The number of hydrogen-bond donors (Lipinski definition) is 2. The van der Waals surface area contributed by atoms with Crippen LogP contribution in [0.3, 0.4) is 0 Å². The molecule has 0 aromatic heterocycles. The molecule has 2 aromatic rings. The lowest BCUT2D eigenvalue weighted by atomic mass is 10.2. The Morgan fingerprint density at radius 2 is 1.50 bits per heavy atom. The molecule has 0 radical (unpaired) electrons. The molecule has 2 aromatic carbocycles. The average molecular weight is 344 g/mol. The largest absolute Gasteiger partial charge is 0.455 e. The van der Waals surface area contributed by atoms with Gasteiger partial charge in [0, 0.05) is 10.5 Å². The van der Waals surface area contributed by atoms with Gasteiger partial charge in [-0.1, -0.05) is 36.4 Å². The summed E-state index contributed by atoms with van der Waals surface area (Å²) in [5.74, 6) is -1.46. The summed E-state index contributed by atoms with van der Waals surface area (Å²) in [7, 11) is 0. The molecule has 2 amide bonds. The molecular weight excluding hydrogens is 328 g/mol. The topological polar surface area (TPSA) is 84.5 Å². The summed E-state index contributed by atoms with van der Waals surface area (Å²) in [5.41, 5.74) is 4.84. The highest BCUT2D eigenvalue weighted by molar-refractivity contribution is 8.00. The van der Waals surface area contributed by atoms with E-state index in [4.69, 9.17) is 4.74 Å². The van der Waals surface area contributed by atoms with Crippen LogP contribution in [0.4, 0.5) is 0 Å². The lowest BCUT2D eigenvalue weighted by molar-refractivity contribution is -0.146. The SMILES string of the molecule is O=C(COC(=O)CSc1ccccc1)NNC(=O)c1ccccc1. The standard InChI is InChI=1S/C17H16N2O4S/c20-15(18-19-17(22)13-7-3-1-4-8-13)11-23-16(21)12-24-14-9-5-2-6-10-14/h1-10H,11-12H2,(H,18,20)(H,19,22). The molecule has 0 bridgehead atoms. The Balaban J connectivity index is 1.64. The summed E-state index contributed by atoms with van der Waals surface area (Å²) in [6.45, 7) is -0.455. The molecule has 0 saturated carbocycles. The van der Waals surface area contributed by atoms with Crippen molar-refractivity contribution < 1.29 is 19.1 Å². The number of nitrogens with one attached hydrogen (secondary N) is 2. The zero-order valence-corrected chi connectivity index (χ0v) is 13.5. The third kappa shape index (κ3) is 6.13. The third-order valence-electron chi connectivity index (χ3n) is 2.82. The monoisotopic (exact) mass is 344 g/mol. The number of carbonyl (C=O) groups is 3. The van der Waals surface area contributed by atoms with Gasteiger partial charge in [-0.2, -0.15) is 0 Å². The van der Waals surface area contributed by atoms with Crippen molar-refractivity contribution in [2.75, 3.05) is 12.4 Å². The quantitative estimate of drug-likeness (QED) is 0.474. The highest BCUT2D eigenvalue weighted by Crippen LogP contribution is 2.16. The number of benzene rings is 2. The van der Waals surface area contributed by atoms with Crippen LogP contribution in [0.1, 0.15) is 10.4 Å². The molecule has 7 heteroatoms. The molecule has 0 saturated heterocycles. The second kappa shape index (κ2) is 9.36. The van der Waals surface area contributed by atoms with Crippen LogP contribution in [0, 0.1) is 0 Å². The minimum absolute atomic E-state index is 0.105. The van der Waals surface area contributed by atoms with E-state index in [9.17, 15) is 14.4 Å². The van der Waals surface area contributed by atoms with Gasteiger partial charge in [-0.3, -0.25) is 25.2 Å². The molecule has 0 fully saturated rings. The van der Waals surface area contributed by atoms with Crippen LogP contribution < -0.4 is 10.9 Å². The minimum Gasteiger partial charge on any atom is -0.455 e. The number of hydrogen-bond acceptors (Lipinski definition) is 5. The van der Waals surface area contributed by atoms with Gasteiger partial charge in [0.05, 0.1) is 5.75 Å². The van der Waals surface area contributed by atoms with Crippen LogP contribution in [0.25, 0.3) is 0 Å². The summed E-state index contributed by atoms with van der Waals surface area (Å²) < 4.78 is 4.84. The number of ether oxygens (including phenoxy) is 1. The van der Waals surface area contributed by atoms with E-state index in [1.54, 1.807) is 30.3 Å². The number of esters is 1. The molecule has 24 heavy (non-hydrogen) atoms. The molecule has 6 nitrogen and oxygen atoms in total. The van der Waals surface area contributed by atoms with Gasteiger partial charge in [0.15, 0.2) is 6.61 Å². The summed E-state index contributed by atoms with van der Waals surface area (Å²) in [6.07, 6.45) is 0. The van der Waals surface area contributed by atoms with Crippen molar-refractivity contribution in [2.24, 2.45) is 0 Å². The van der Waals surface area contributed by atoms with E-state index in [0.29, 0.717) is 5.56 Å². The van der Waals surface area contributed by atoms with Crippen molar-refractivity contribution in [2.45, 2.75) is 4.90 Å². The van der Waals surface area contributed by atoms with E-state index in [-0.39, 0.29) is 5.75 Å². The van der Waals surface area contributed by atoms with Crippen LogP contribution in [-0.4, -0.2) is 30.1 Å². The zero-order valence-electron chi connectivity index (χ0n) is 12.7. The maximum atomic E-state index is 11.7. The van der Waals surface area contributed by atoms with Crippen LogP contribution in [0.5, 0.6) is 0 Å². The first-order valence-corrected chi connectivity index (χ1v) is 8.11. The minimum atomic E-state index is -0.614. The summed E-state index contributed by atoms with van der Waals surface area (Å²) >= 11 is 1.32. The van der Waals surface area contributed by atoms with E-state index in [1.165, 1.54) is 11.8 Å².